The topological polar surface area (TPSA) is 66.8 Å². The van der Waals surface area contributed by atoms with Gasteiger partial charge in [-0.2, -0.15) is 0 Å². The number of carboxylic acid groups (broad SMARTS) is 1. The summed E-state index contributed by atoms with van der Waals surface area (Å²) >= 11 is 0. The number of nitrogens with zero attached hydrogens (tertiary/aromatic N) is 1. The molecule has 1 N–H and O–H groups in total. The van der Waals surface area contributed by atoms with Crippen LogP contribution in [0.3, 0.4) is 0 Å². The lowest BCUT2D eigenvalue weighted by Crippen LogP contribution is -2.46. The van der Waals surface area contributed by atoms with E-state index in [0.29, 0.717) is 25.3 Å². The van der Waals surface area contributed by atoms with Gasteiger partial charge in [0.05, 0.1) is 19.1 Å². The number of amides is 1. The van der Waals surface area contributed by atoms with Gasteiger partial charge in [0.1, 0.15) is 0 Å². The molecule has 1 heterocycles. The molecule has 0 bridgehead atoms. The predicted molar refractivity (Wildman–Crippen MR) is 62.6 cm³/mol. The SMILES string of the molecule is CC/C=C(/C)C(=O)N1CCO[C@H](CC(=O)O)C1. The van der Waals surface area contributed by atoms with Crippen LogP contribution < -0.4 is 0 Å². The first kappa shape index (κ1) is 13.7. The van der Waals surface area contributed by atoms with Gasteiger partial charge in [-0.25, -0.2) is 0 Å². The summed E-state index contributed by atoms with van der Waals surface area (Å²) in [6.45, 7) is 5.06. The highest BCUT2D eigenvalue weighted by Crippen LogP contribution is 2.12. The molecule has 1 saturated heterocycles. The molecule has 0 aliphatic carbocycles. The van der Waals surface area contributed by atoms with Gasteiger partial charge >= 0.3 is 5.97 Å². The van der Waals surface area contributed by atoms with E-state index in [1.54, 1.807) is 11.8 Å². The van der Waals surface area contributed by atoms with E-state index in [9.17, 15) is 9.59 Å². The Hall–Kier alpha value is -1.36. The summed E-state index contributed by atoms with van der Waals surface area (Å²) in [5, 5.41) is 8.69. The minimum Gasteiger partial charge on any atom is -0.481 e. The Morgan fingerprint density at radius 3 is 2.82 bits per heavy atom. The molecule has 17 heavy (non-hydrogen) atoms. The van der Waals surface area contributed by atoms with E-state index in [1.807, 2.05) is 13.0 Å². The molecule has 0 radical (unpaired) electrons. The van der Waals surface area contributed by atoms with Crippen molar-refractivity contribution in [1.29, 1.82) is 0 Å². The van der Waals surface area contributed by atoms with Crippen LogP contribution in [-0.2, 0) is 14.3 Å². The van der Waals surface area contributed by atoms with E-state index < -0.39 is 5.97 Å². The fraction of sp³-hybridized carbons (Fsp3) is 0.667. The maximum atomic E-state index is 12.0. The largest absolute Gasteiger partial charge is 0.481 e. The number of hydrogen-bond acceptors (Lipinski definition) is 3. The van der Waals surface area contributed by atoms with Crippen molar-refractivity contribution in [2.45, 2.75) is 32.8 Å². The van der Waals surface area contributed by atoms with Crippen molar-refractivity contribution in [3.63, 3.8) is 0 Å². The van der Waals surface area contributed by atoms with Crippen LogP contribution in [0.5, 0.6) is 0 Å². The number of ether oxygens (including phenoxy) is 1. The lowest BCUT2D eigenvalue weighted by atomic mass is 10.1. The van der Waals surface area contributed by atoms with Gasteiger partial charge in [0.15, 0.2) is 0 Å². The van der Waals surface area contributed by atoms with E-state index in [0.717, 1.165) is 6.42 Å². The molecule has 5 nitrogen and oxygen atoms in total. The number of rotatable bonds is 4. The van der Waals surface area contributed by atoms with Gasteiger partial charge in [0.25, 0.3) is 0 Å². The number of hydrogen-bond donors (Lipinski definition) is 1. The third kappa shape index (κ3) is 4.19. The Balaban J connectivity index is 2.57. The van der Waals surface area contributed by atoms with E-state index in [4.69, 9.17) is 9.84 Å². The number of carbonyl (C=O) groups excluding carboxylic acids is 1. The second kappa shape index (κ2) is 6.39. The maximum absolute atomic E-state index is 12.0. The van der Waals surface area contributed by atoms with Crippen LogP contribution in [-0.4, -0.2) is 47.7 Å². The van der Waals surface area contributed by atoms with Crippen LogP contribution in [0.15, 0.2) is 11.6 Å². The van der Waals surface area contributed by atoms with Gasteiger partial charge in [0.2, 0.25) is 5.91 Å². The van der Waals surface area contributed by atoms with Crippen LogP contribution in [0, 0.1) is 0 Å². The van der Waals surface area contributed by atoms with E-state index in [1.165, 1.54) is 0 Å². The van der Waals surface area contributed by atoms with Crippen LogP contribution in [0.25, 0.3) is 0 Å². The molecule has 0 aromatic carbocycles. The third-order valence-electron chi connectivity index (χ3n) is 2.68. The number of aliphatic carboxylic acids is 1. The second-order valence-electron chi connectivity index (χ2n) is 4.14. The molecule has 1 fully saturated rings. The Labute approximate surface area is 101 Å². The standard InChI is InChI=1S/C12H19NO4/c1-3-4-9(2)12(16)13-5-6-17-10(8-13)7-11(14)15/h4,10H,3,5-8H2,1-2H3,(H,14,15)/b9-4-/t10-/m1/s1. The minimum atomic E-state index is -0.898. The number of allylic oxidation sites excluding steroid dienone is 1. The molecule has 1 rings (SSSR count). The predicted octanol–water partition coefficient (Wildman–Crippen LogP) is 1.04. The molecule has 0 saturated carbocycles. The molecule has 1 atom stereocenters. The maximum Gasteiger partial charge on any atom is 0.306 e. The Kier molecular flexibility index (Phi) is 5.15. The Bertz CT molecular complexity index is 324. The van der Waals surface area contributed by atoms with Gasteiger partial charge in [-0.15, -0.1) is 0 Å². The van der Waals surface area contributed by atoms with Crippen molar-refractivity contribution >= 4 is 11.9 Å². The first-order valence-corrected chi connectivity index (χ1v) is 5.84. The van der Waals surface area contributed by atoms with Gasteiger partial charge in [0, 0.05) is 18.7 Å². The monoisotopic (exact) mass is 241 g/mol. The first-order chi connectivity index (χ1) is 8.04. The average molecular weight is 241 g/mol. The molecular formula is C12H19NO4. The average Bonchev–Trinajstić information content (AvgIpc) is 2.28. The van der Waals surface area contributed by atoms with Crippen molar-refractivity contribution in [1.82, 2.24) is 4.90 Å². The fourth-order valence-corrected chi connectivity index (χ4v) is 1.86. The number of morpholine rings is 1. The molecule has 5 heteroatoms. The highest BCUT2D eigenvalue weighted by molar-refractivity contribution is 5.92. The van der Waals surface area contributed by atoms with Crippen molar-refractivity contribution in [2.75, 3.05) is 19.7 Å². The number of carbonyl (C=O) groups is 2. The molecule has 0 aromatic heterocycles. The molecule has 0 aromatic rings. The summed E-state index contributed by atoms with van der Waals surface area (Å²) in [5.41, 5.74) is 0.712. The molecular weight excluding hydrogens is 222 g/mol. The summed E-state index contributed by atoms with van der Waals surface area (Å²) in [6.07, 6.45) is 2.25. The Morgan fingerprint density at radius 1 is 1.53 bits per heavy atom. The lowest BCUT2D eigenvalue weighted by Gasteiger charge is -2.32. The van der Waals surface area contributed by atoms with Crippen LogP contribution >= 0.6 is 0 Å². The molecule has 1 amide bonds. The highest BCUT2D eigenvalue weighted by Gasteiger charge is 2.26. The summed E-state index contributed by atoms with van der Waals surface area (Å²) in [6, 6.07) is 0. The zero-order valence-electron chi connectivity index (χ0n) is 10.3. The van der Waals surface area contributed by atoms with Crippen LogP contribution in [0.1, 0.15) is 26.7 Å². The van der Waals surface area contributed by atoms with Gasteiger partial charge in [-0.05, 0) is 13.3 Å². The summed E-state index contributed by atoms with van der Waals surface area (Å²) in [7, 11) is 0. The van der Waals surface area contributed by atoms with Gasteiger partial charge in [-0.1, -0.05) is 13.0 Å². The highest BCUT2D eigenvalue weighted by atomic mass is 16.5. The zero-order chi connectivity index (χ0) is 12.8. The van der Waals surface area contributed by atoms with E-state index in [-0.39, 0.29) is 18.4 Å². The quantitative estimate of drug-likeness (QED) is 0.747. The van der Waals surface area contributed by atoms with Crippen molar-refractivity contribution in [2.24, 2.45) is 0 Å². The molecule has 1 aliphatic heterocycles. The van der Waals surface area contributed by atoms with Gasteiger partial charge < -0.3 is 14.7 Å². The van der Waals surface area contributed by atoms with Crippen LogP contribution in [0.2, 0.25) is 0 Å². The van der Waals surface area contributed by atoms with E-state index in [2.05, 4.69) is 0 Å². The fourth-order valence-electron chi connectivity index (χ4n) is 1.86. The normalized spacial score (nSPS) is 21.4. The van der Waals surface area contributed by atoms with E-state index >= 15 is 0 Å². The summed E-state index contributed by atoms with van der Waals surface area (Å²) in [5.74, 6) is -0.921. The number of carboxylic acids is 1. The molecule has 0 spiro atoms. The first-order valence-electron chi connectivity index (χ1n) is 5.84. The Morgan fingerprint density at radius 2 is 2.24 bits per heavy atom. The smallest absolute Gasteiger partial charge is 0.306 e. The van der Waals surface area contributed by atoms with Crippen molar-refractivity contribution in [3.8, 4) is 0 Å². The van der Waals surface area contributed by atoms with Crippen LogP contribution in [0.4, 0.5) is 0 Å². The summed E-state index contributed by atoms with van der Waals surface area (Å²) < 4.78 is 5.31. The second-order valence-corrected chi connectivity index (χ2v) is 4.14. The molecule has 1 aliphatic rings. The minimum absolute atomic E-state index is 0.0226. The van der Waals surface area contributed by atoms with Crippen molar-refractivity contribution < 1.29 is 19.4 Å². The lowest BCUT2D eigenvalue weighted by molar-refractivity contribution is -0.146. The summed E-state index contributed by atoms with van der Waals surface area (Å²) in [4.78, 5) is 24.2. The van der Waals surface area contributed by atoms with Crippen molar-refractivity contribution in [3.05, 3.63) is 11.6 Å². The third-order valence-corrected chi connectivity index (χ3v) is 2.68. The molecule has 96 valence electrons. The molecule has 0 unspecified atom stereocenters. The van der Waals surface area contributed by atoms with Gasteiger partial charge in [-0.3, -0.25) is 9.59 Å². The zero-order valence-corrected chi connectivity index (χ0v) is 10.3.